The quantitative estimate of drug-likeness (QED) is 0.545. The van der Waals surface area contributed by atoms with E-state index in [2.05, 4.69) is 84.2 Å². The molecule has 0 heterocycles. The van der Waals surface area contributed by atoms with Crippen molar-refractivity contribution in [2.75, 3.05) is 0 Å². The van der Waals surface area contributed by atoms with E-state index in [1.165, 1.54) is 11.1 Å². The molecule has 0 aromatic heterocycles. The van der Waals surface area contributed by atoms with Crippen LogP contribution in [0.1, 0.15) is 16.0 Å². The van der Waals surface area contributed by atoms with Crippen LogP contribution in [0.4, 0.5) is 0 Å². The van der Waals surface area contributed by atoms with Gasteiger partial charge in [-0.2, -0.15) is 0 Å². The number of hydrogen-bond acceptors (Lipinski definition) is 0. The summed E-state index contributed by atoms with van der Waals surface area (Å²) in [4.78, 5) is 0.316. The number of hydrogen-bond donors (Lipinski definition) is 0. The zero-order valence-corrected chi connectivity index (χ0v) is 13.8. The van der Waals surface area contributed by atoms with Crippen LogP contribution in [0.2, 0.25) is 0 Å². The fourth-order valence-corrected chi connectivity index (χ4v) is 3.65. The Bertz CT molecular complexity index is 494. The highest BCUT2D eigenvalue weighted by atomic mass is 79.9. The van der Waals surface area contributed by atoms with Crippen molar-refractivity contribution in [2.24, 2.45) is 0 Å². The number of alkyl halides is 1. The second-order valence-electron chi connectivity index (χ2n) is 3.82. The van der Waals surface area contributed by atoms with Crippen molar-refractivity contribution >= 4 is 47.8 Å². The van der Waals surface area contributed by atoms with Gasteiger partial charge in [0.05, 0.1) is 0 Å². The highest BCUT2D eigenvalue weighted by Gasteiger charge is 2.12. The predicted octanol–water partition coefficient (Wildman–Crippen LogP) is 5.89. The molecule has 1 unspecified atom stereocenters. The number of benzene rings is 2. The van der Waals surface area contributed by atoms with Gasteiger partial charge in [-0.05, 0) is 35.7 Å². The van der Waals surface area contributed by atoms with Gasteiger partial charge in [0.15, 0.2) is 0 Å². The second-order valence-corrected chi connectivity index (χ2v) is 6.70. The summed E-state index contributed by atoms with van der Waals surface area (Å²) in [7, 11) is 0. The topological polar surface area (TPSA) is 0 Å². The van der Waals surface area contributed by atoms with Gasteiger partial charge < -0.3 is 0 Å². The maximum atomic E-state index is 3.76. The van der Waals surface area contributed by atoms with E-state index in [1.54, 1.807) is 0 Å². The predicted molar refractivity (Wildman–Crippen MR) is 83.7 cm³/mol. The number of halogens is 3. The summed E-state index contributed by atoms with van der Waals surface area (Å²) in [6.07, 6.45) is 0.982. The summed E-state index contributed by atoms with van der Waals surface area (Å²) in [5.41, 5.74) is 2.60. The first-order chi connectivity index (χ1) is 8.16. The summed E-state index contributed by atoms with van der Waals surface area (Å²) < 4.78 is 2.24. The van der Waals surface area contributed by atoms with Crippen LogP contribution in [0, 0.1) is 0 Å². The van der Waals surface area contributed by atoms with Gasteiger partial charge in [-0.1, -0.05) is 78.1 Å². The molecule has 3 heteroatoms. The Kier molecular flexibility index (Phi) is 4.83. The summed E-state index contributed by atoms with van der Waals surface area (Å²) in [5.74, 6) is 0. The molecular formula is C14H11Br3. The first-order valence-corrected chi connectivity index (χ1v) is 7.80. The van der Waals surface area contributed by atoms with Gasteiger partial charge in [0.2, 0.25) is 0 Å². The van der Waals surface area contributed by atoms with E-state index in [0.29, 0.717) is 4.83 Å². The SMILES string of the molecule is Brc1ccc(Br)c(C(Br)Cc2ccccc2)c1. The average molecular weight is 419 g/mol. The molecule has 0 spiro atoms. The van der Waals surface area contributed by atoms with Gasteiger partial charge in [0.1, 0.15) is 0 Å². The first kappa shape index (κ1) is 13.3. The van der Waals surface area contributed by atoms with Gasteiger partial charge >= 0.3 is 0 Å². The first-order valence-electron chi connectivity index (χ1n) is 5.30. The highest BCUT2D eigenvalue weighted by Crippen LogP contribution is 2.34. The minimum absolute atomic E-state index is 0.316. The largest absolute Gasteiger partial charge is 0.0835 e. The van der Waals surface area contributed by atoms with Crippen LogP contribution < -0.4 is 0 Å². The molecule has 0 bridgehead atoms. The molecule has 0 aliphatic rings. The molecule has 17 heavy (non-hydrogen) atoms. The third-order valence-corrected chi connectivity index (χ3v) is 4.59. The van der Waals surface area contributed by atoms with Crippen LogP contribution in [0.15, 0.2) is 57.5 Å². The van der Waals surface area contributed by atoms with Crippen LogP contribution in [-0.2, 0) is 6.42 Å². The molecule has 0 radical (unpaired) electrons. The van der Waals surface area contributed by atoms with Gasteiger partial charge in [0, 0.05) is 13.8 Å². The van der Waals surface area contributed by atoms with Crippen molar-refractivity contribution in [1.29, 1.82) is 0 Å². The maximum absolute atomic E-state index is 3.76. The average Bonchev–Trinajstić information content (AvgIpc) is 2.33. The van der Waals surface area contributed by atoms with E-state index in [-0.39, 0.29) is 0 Å². The summed E-state index contributed by atoms with van der Waals surface area (Å²) >= 11 is 10.9. The van der Waals surface area contributed by atoms with Crippen molar-refractivity contribution in [3.05, 3.63) is 68.6 Å². The van der Waals surface area contributed by atoms with Gasteiger partial charge in [0.25, 0.3) is 0 Å². The summed E-state index contributed by atoms with van der Waals surface area (Å²) in [6, 6.07) is 16.7. The molecule has 0 amide bonds. The molecule has 2 aromatic rings. The van der Waals surface area contributed by atoms with E-state index in [0.717, 1.165) is 15.4 Å². The molecule has 0 aliphatic heterocycles. The molecule has 0 nitrogen and oxygen atoms in total. The van der Waals surface area contributed by atoms with Crippen LogP contribution >= 0.6 is 47.8 Å². The second kappa shape index (κ2) is 6.17. The Morgan fingerprint density at radius 1 is 0.941 bits per heavy atom. The van der Waals surface area contributed by atoms with Crippen LogP contribution in [-0.4, -0.2) is 0 Å². The van der Waals surface area contributed by atoms with Crippen molar-refractivity contribution in [1.82, 2.24) is 0 Å². The zero-order valence-electron chi connectivity index (χ0n) is 9.04. The van der Waals surface area contributed by atoms with Gasteiger partial charge in [-0.15, -0.1) is 0 Å². The van der Waals surface area contributed by atoms with E-state index >= 15 is 0 Å². The lowest BCUT2D eigenvalue weighted by Gasteiger charge is -2.12. The number of rotatable bonds is 3. The molecule has 0 aliphatic carbocycles. The van der Waals surface area contributed by atoms with Crippen LogP contribution in [0.3, 0.4) is 0 Å². The molecule has 0 fully saturated rings. The Labute approximate surface area is 127 Å². The molecule has 88 valence electrons. The lowest BCUT2D eigenvalue weighted by molar-refractivity contribution is 0.942. The van der Waals surface area contributed by atoms with Crippen molar-refractivity contribution in [3.63, 3.8) is 0 Å². The molecule has 0 saturated carbocycles. The third kappa shape index (κ3) is 3.67. The van der Waals surface area contributed by atoms with Crippen molar-refractivity contribution in [2.45, 2.75) is 11.2 Å². The fourth-order valence-electron chi connectivity index (χ4n) is 1.69. The molecule has 2 aromatic carbocycles. The Morgan fingerprint density at radius 2 is 1.65 bits per heavy atom. The molecular weight excluding hydrogens is 408 g/mol. The summed E-state index contributed by atoms with van der Waals surface area (Å²) in [5, 5.41) is 0. The van der Waals surface area contributed by atoms with Crippen molar-refractivity contribution < 1.29 is 0 Å². The standard InChI is InChI=1S/C14H11Br3/c15-11-6-7-13(16)12(9-11)14(17)8-10-4-2-1-3-5-10/h1-7,9,14H,8H2. The minimum Gasteiger partial charge on any atom is -0.0835 e. The highest BCUT2D eigenvalue weighted by molar-refractivity contribution is 9.11. The molecule has 2 rings (SSSR count). The smallest absolute Gasteiger partial charge is 0.0447 e. The summed E-state index contributed by atoms with van der Waals surface area (Å²) in [6.45, 7) is 0. The molecule has 0 saturated heterocycles. The van der Waals surface area contributed by atoms with E-state index in [9.17, 15) is 0 Å². The third-order valence-electron chi connectivity index (χ3n) is 2.55. The zero-order chi connectivity index (χ0) is 12.3. The Hall–Kier alpha value is -0.120. The van der Waals surface area contributed by atoms with E-state index < -0.39 is 0 Å². The molecule has 1 atom stereocenters. The maximum Gasteiger partial charge on any atom is 0.0447 e. The lowest BCUT2D eigenvalue weighted by Crippen LogP contribution is -1.96. The monoisotopic (exact) mass is 416 g/mol. The van der Waals surface area contributed by atoms with Crippen molar-refractivity contribution in [3.8, 4) is 0 Å². The Balaban J connectivity index is 2.20. The van der Waals surface area contributed by atoms with Gasteiger partial charge in [-0.25, -0.2) is 0 Å². The van der Waals surface area contributed by atoms with Gasteiger partial charge in [-0.3, -0.25) is 0 Å². The van der Waals surface area contributed by atoms with Crippen LogP contribution in [0.25, 0.3) is 0 Å². The minimum atomic E-state index is 0.316. The van der Waals surface area contributed by atoms with E-state index in [1.807, 2.05) is 12.1 Å². The molecule has 0 N–H and O–H groups in total. The normalized spacial score (nSPS) is 12.4. The van der Waals surface area contributed by atoms with E-state index in [4.69, 9.17) is 0 Å². The lowest BCUT2D eigenvalue weighted by atomic mass is 10.0. The van der Waals surface area contributed by atoms with Crippen LogP contribution in [0.5, 0.6) is 0 Å². The Morgan fingerprint density at radius 3 is 2.35 bits per heavy atom. The fraction of sp³-hybridized carbons (Fsp3) is 0.143.